The van der Waals surface area contributed by atoms with Crippen LogP contribution in [0.5, 0.6) is 0 Å². The van der Waals surface area contributed by atoms with Crippen LogP contribution in [0.15, 0.2) is 40.0 Å². The molecule has 2 heterocycles. The molecular formula is C14H13ClN4OS. The number of anilines is 1. The van der Waals surface area contributed by atoms with Crippen molar-refractivity contribution < 1.29 is 0 Å². The van der Waals surface area contributed by atoms with E-state index >= 15 is 0 Å². The van der Waals surface area contributed by atoms with E-state index in [9.17, 15) is 4.79 Å². The van der Waals surface area contributed by atoms with Gasteiger partial charge in [-0.2, -0.15) is 4.98 Å². The summed E-state index contributed by atoms with van der Waals surface area (Å²) in [5.74, 6) is 0.968. The SMILES string of the molecule is Nc1nc2[nH]c(CCSc3ccccc3Cl)cc2c(=O)[nH]1. The van der Waals surface area contributed by atoms with Gasteiger partial charge < -0.3 is 10.7 Å². The van der Waals surface area contributed by atoms with E-state index in [1.165, 1.54) is 0 Å². The highest BCUT2D eigenvalue weighted by atomic mass is 35.5. The predicted octanol–water partition coefficient (Wildman–Crippen LogP) is 2.82. The van der Waals surface area contributed by atoms with Crippen molar-refractivity contribution in [3.8, 4) is 0 Å². The fourth-order valence-electron chi connectivity index (χ4n) is 2.06. The van der Waals surface area contributed by atoms with Crippen molar-refractivity contribution in [2.75, 3.05) is 11.5 Å². The number of nitrogen functional groups attached to an aromatic ring is 1. The molecule has 108 valence electrons. The van der Waals surface area contributed by atoms with Gasteiger partial charge in [0.2, 0.25) is 5.95 Å². The lowest BCUT2D eigenvalue weighted by molar-refractivity contribution is 1.08. The highest BCUT2D eigenvalue weighted by Crippen LogP contribution is 2.27. The zero-order valence-corrected chi connectivity index (χ0v) is 12.6. The Morgan fingerprint density at radius 1 is 1.29 bits per heavy atom. The maximum absolute atomic E-state index is 11.7. The number of nitrogens with one attached hydrogen (secondary N) is 2. The lowest BCUT2D eigenvalue weighted by Gasteiger charge is -2.02. The number of hydrogen-bond donors (Lipinski definition) is 3. The number of nitrogens with two attached hydrogens (primary N) is 1. The Hall–Kier alpha value is -1.92. The molecule has 3 aromatic rings. The van der Waals surface area contributed by atoms with Crippen LogP contribution in [0.1, 0.15) is 5.69 Å². The van der Waals surface area contributed by atoms with Crippen LogP contribution in [0.3, 0.4) is 0 Å². The van der Waals surface area contributed by atoms with Crippen molar-refractivity contribution in [2.45, 2.75) is 11.3 Å². The number of H-pyrrole nitrogens is 2. The monoisotopic (exact) mass is 320 g/mol. The first-order valence-electron chi connectivity index (χ1n) is 6.38. The molecule has 0 fully saturated rings. The van der Waals surface area contributed by atoms with Crippen LogP contribution < -0.4 is 11.3 Å². The number of hydrogen-bond acceptors (Lipinski definition) is 4. The average Bonchev–Trinajstić information content (AvgIpc) is 2.84. The first kappa shape index (κ1) is 14.0. The minimum atomic E-state index is -0.223. The van der Waals surface area contributed by atoms with Crippen LogP contribution in [0.2, 0.25) is 5.02 Å². The summed E-state index contributed by atoms with van der Waals surface area (Å²) in [6.45, 7) is 0. The maximum Gasteiger partial charge on any atom is 0.261 e. The van der Waals surface area contributed by atoms with E-state index in [4.69, 9.17) is 17.3 Å². The van der Waals surface area contributed by atoms with E-state index in [1.54, 1.807) is 11.8 Å². The minimum absolute atomic E-state index is 0.117. The molecule has 0 saturated heterocycles. The first-order valence-corrected chi connectivity index (χ1v) is 7.74. The number of aromatic amines is 2. The number of rotatable bonds is 4. The number of halogens is 1. The summed E-state index contributed by atoms with van der Waals surface area (Å²) in [6.07, 6.45) is 0.783. The molecule has 3 rings (SSSR count). The Morgan fingerprint density at radius 3 is 2.90 bits per heavy atom. The number of benzene rings is 1. The summed E-state index contributed by atoms with van der Waals surface area (Å²) in [5.41, 5.74) is 6.77. The van der Waals surface area contributed by atoms with Crippen molar-refractivity contribution >= 4 is 40.3 Å². The molecular weight excluding hydrogens is 308 g/mol. The smallest absolute Gasteiger partial charge is 0.261 e. The Kier molecular flexibility index (Phi) is 3.90. The van der Waals surface area contributed by atoms with Crippen LogP contribution in [0, 0.1) is 0 Å². The Balaban J connectivity index is 1.73. The molecule has 0 amide bonds. The molecule has 4 N–H and O–H groups in total. The number of fused-ring (bicyclic) bond motifs is 1. The third kappa shape index (κ3) is 3.06. The summed E-state index contributed by atoms with van der Waals surface area (Å²) >= 11 is 7.79. The molecule has 0 atom stereocenters. The fraction of sp³-hybridized carbons (Fsp3) is 0.143. The van der Waals surface area contributed by atoms with Gasteiger partial charge in [-0.3, -0.25) is 9.78 Å². The molecule has 0 saturated carbocycles. The second-order valence-corrected chi connectivity index (χ2v) is 6.08. The van der Waals surface area contributed by atoms with E-state index in [1.807, 2.05) is 30.3 Å². The lowest BCUT2D eigenvalue weighted by atomic mass is 10.3. The molecule has 0 aliphatic heterocycles. The van der Waals surface area contributed by atoms with Crippen molar-refractivity contribution in [2.24, 2.45) is 0 Å². The molecule has 7 heteroatoms. The molecule has 0 spiro atoms. The zero-order chi connectivity index (χ0) is 14.8. The number of aryl methyl sites for hydroxylation is 1. The third-order valence-corrected chi connectivity index (χ3v) is 4.55. The van der Waals surface area contributed by atoms with E-state index < -0.39 is 0 Å². The summed E-state index contributed by atoms with van der Waals surface area (Å²) in [6, 6.07) is 9.55. The van der Waals surface area contributed by atoms with Crippen LogP contribution in [-0.2, 0) is 6.42 Å². The van der Waals surface area contributed by atoms with Crippen molar-refractivity contribution in [1.29, 1.82) is 0 Å². The van der Waals surface area contributed by atoms with Gasteiger partial charge in [0.05, 0.1) is 10.4 Å². The zero-order valence-electron chi connectivity index (χ0n) is 11.0. The molecule has 0 unspecified atom stereocenters. The summed E-state index contributed by atoms with van der Waals surface area (Å²) in [7, 11) is 0. The highest BCUT2D eigenvalue weighted by Gasteiger charge is 2.07. The average molecular weight is 321 g/mol. The van der Waals surface area contributed by atoms with E-state index in [0.29, 0.717) is 11.0 Å². The number of aromatic nitrogens is 3. The lowest BCUT2D eigenvalue weighted by Crippen LogP contribution is -2.09. The first-order chi connectivity index (χ1) is 10.1. The molecule has 0 radical (unpaired) electrons. The highest BCUT2D eigenvalue weighted by molar-refractivity contribution is 7.99. The van der Waals surface area contributed by atoms with Gasteiger partial charge in [0.15, 0.2) is 0 Å². The number of thioether (sulfide) groups is 1. The van der Waals surface area contributed by atoms with Gasteiger partial charge in [-0.05, 0) is 24.6 Å². The van der Waals surface area contributed by atoms with Crippen LogP contribution in [0.25, 0.3) is 11.0 Å². The quantitative estimate of drug-likeness (QED) is 0.645. The standard InChI is InChI=1S/C14H13ClN4OS/c15-10-3-1-2-4-11(10)21-6-5-8-7-9-12(17-8)18-14(16)19-13(9)20/h1-4,7H,5-6H2,(H4,16,17,18,19,20). The fourth-order valence-corrected chi connectivity index (χ4v) is 3.28. The van der Waals surface area contributed by atoms with Crippen LogP contribution in [0.4, 0.5) is 5.95 Å². The van der Waals surface area contributed by atoms with Gasteiger partial charge in [-0.25, -0.2) is 0 Å². The Bertz CT molecular complexity index is 842. The predicted molar refractivity (Wildman–Crippen MR) is 87.0 cm³/mol. The molecule has 2 aromatic heterocycles. The normalized spacial score (nSPS) is 11.1. The largest absolute Gasteiger partial charge is 0.369 e. The van der Waals surface area contributed by atoms with Gasteiger partial charge in [0.1, 0.15) is 5.65 Å². The van der Waals surface area contributed by atoms with Gasteiger partial charge in [0.25, 0.3) is 5.56 Å². The topological polar surface area (TPSA) is 87.6 Å². The maximum atomic E-state index is 11.7. The molecule has 21 heavy (non-hydrogen) atoms. The van der Waals surface area contributed by atoms with Crippen molar-refractivity contribution in [1.82, 2.24) is 15.0 Å². The van der Waals surface area contributed by atoms with Gasteiger partial charge in [0, 0.05) is 16.3 Å². The third-order valence-electron chi connectivity index (χ3n) is 3.04. The second-order valence-electron chi connectivity index (χ2n) is 4.54. The summed E-state index contributed by atoms with van der Waals surface area (Å²) in [5, 5.41) is 1.28. The van der Waals surface area contributed by atoms with E-state index in [-0.39, 0.29) is 11.5 Å². The molecule has 0 bridgehead atoms. The van der Waals surface area contributed by atoms with Gasteiger partial charge >= 0.3 is 0 Å². The number of nitrogens with zero attached hydrogens (tertiary/aromatic N) is 1. The van der Waals surface area contributed by atoms with Gasteiger partial charge in [-0.1, -0.05) is 23.7 Å². The molecule has 1 aromatic carbocycles. The Labute approximate surface area is 129 Å². The van der Waals surface area contributed by atoms with Crippen molar-refractivity contribution in [3.05, 3.63) is 51.4 Å². The van der Waals surface area contributed by atoms with Crippen LogP contribution in [-0.4, -0.2) is 20.7 Å². The van der Waals surface area contributed by atoms with Gasteiger partial charge in [-0.15, -0.1) is 11.8 Å². The second kappa shape index (κ2) is 5.83. The molecule has 0 aliphatic rings. The van der Waals surface area contributed by atoms with E-state index in [0.717, 1.165) is 27.8 Å². The molecule has 0 aliphatic carbocycles. The Morgan fingerprint density at radius 2 is 2.10 bits per heavy atom. The molecule has 5 nitrogen and oxygen atoms in total. The van der Waals surface area contributed by atoms with Crippen molar-refractivity contribution in [3.63, 3.8) is 0 Å². The van der Waals surface area contributed by atoms with Crippen LogP contribution >= 0.6 is 23.4 Å². The summed E-state index contributed by atoms with van der Waals surface area (Å²) < 4.78 is 0. The minimum Gasteiger partial charge on any atom is -0.369 e. The summed E-state index contributed by atoms with van der Waals surface area (Å²) in [4.78, 5) is 22.5. The van der Waals surface area contributed by atoms with E-state index in [2.05, 4.69) is 15.0 Å².